The average molecular weight is 410 g/mol. The van der Waals surface area contributed by atoms with Gasteiger partial charge in [-0.2, -0.15) is 0 Å². The van der Waals surface area contributed by atoms with Gasteiger partial charge in [0.05, 0.1) is 0 Å². The van der Waals surface area contributed by atoms with E-state index in [2.05, 4.69) is 15.6 Å². The zero-order valence-corrected chi connectivity index (χ0v) is 16.1. The van der Waals surface area contributed by atoms with Crippen LogP contribution in [-0.2, 0) is 14.3 Å². The van der Waals surface area contributed by atoms with E-state index in [0.29, 0.717) is 21.3 Å². The zero-order chi connectivity index (χ0) is 20.0. The summed E-state index contributed by atoms with van der Waals surface area (Å²) >= 11 is 11.8. The number of rotatable bonds is 6. The maximum Gasteiger partial charge on any atom is 0.326 e. The molecule has 2 N–H and O–H groups in total. The lowest BCUT2D eigenvalue weighted by Crippen LogP contribution is -2.36. The highest BCUT2D eigenvalue weighted by Crippen LogP contribution is 2.23. The number of anilines is 1. The summed E-state index contributed by atoms with van der Waals surface area (Å²) in [6, 6.07) is 7.97. The second-order valence-electron chi connectivity index (χ2n) is 5.58. The molecule has 1 aromatic heterocycles. The summed E-state index contributed by atoms with van der Waals surface area (Å²) in [4.78, 5) is 39.8. The van der Waals surface area contributed by atoms with E-state index >= 15 is 0 Å². The Morgan fingerprint density at radius 3 is 2.67 bits per heavy atom. The van der Waals surface area contributed by atoms with Crippen molar-refractivity contribution < 1.29 is 19.1 Å². The van der Waals surface area contributed by atoms with Crippen LogP contribution in [0.4, 0.5) is 5.69 Å². The second kappa shape index (κ2) is 9.34. The molecule has 1 heterocycles. The maximum atomic E-state index is 12.2. The third kappa shape index (κ3) is 5.94. The Kier molecular flexibility index (Phi) is 7.15. The Labute approximate surface area is 166 Å². The van der Waals surface area contributed by atoms with Crippen molar-refractivity contribution in [1.82, 2.24) is 10.3 Å². The Bertz CT molecular complexity index is 873. The normalized spacial score (nSPS) is 11.4. The molecule has 0 fully saturated rings. The van der Waals surface area contributed by atoms with E-state index in [0.717, 1.165) is 0 Å². The first-order valence-electron chi connectivity index (χ1n) is 7.93. The lowest BCUT2D eigenvalue weighted by atomic mass is 10.2. The number of nitrogens with zero attached hydrogens (tertiary/aromatic N) is 1. The molecule has 2 amide bonds. The smallest absolute Gasteiger partial charge is 0.326 e. The molecule has 0 spiro atoms. The van der Waals surface area contributed by atoms with Crippen LogP contribution in [-0.4, -0.2) is 35.4 Å². The molecule has 0 aliphatic carbocycles. The highest BCUT2D eigenvalue weighted by atomic mass is 35.5. The fourth-order valence-electron chi connectivity index (χ4n) is 2.04. The number of hydrogen-bond donors (Lipinski definition) is 2. The molecule has 7 nitrogen and oxygen atoms in total. The van der Waals surface area contributed by atoms with Gasteiger partial charge in [0.25, 0.3) is 11.8 Å². The molecular weight excluding hydrogens is 393 g/mol. The Balaban J connectivity index is 1.85. The SMILES string of the molecule is Cc1c(Cl)cccc1NC(=O)[C@H](C)OC(=O)CNC(=O)c1cc(Cl)ccn1. The van der Waals surface area contributed by atoms with E-state index in [1.807, 2.05) is 0 Å². The molecule has 0 saturated carbocycles. The number of benzene rings is 1. The molecule has 1 aromatic carbocycles. The first-order chi connectivity index (χ1) is 12.8. The van der Waals surface area contributed by atoms with Crippen LogP contribution in [0.3, 0.4) is 0 Å². The highest BCUT2D eigenvalue weighted by molar-refractivity contribution is 6.31. The van der Waals surface area contributed by atoms with Crippen molar-refractivity contribution in [2.24, 2.45) is 0 Å². The van der Waals surface area contributed by atoms with Gasteiger partial charge in [-0.25, -0.2) is 0 Å². The topological polar surface area (TPSA) is 97.4 Å². The summed E-state index contributed by atoms with van der Waals surface area (Å²) in [6.07, 6.45) is 0.317. The Morgan fingerprint density at radius 2 is 1.96 bits per heavy atom. The highest BCUT2D eigenvalue weighted by Gasteiger charge is 2.19. The van der Waals surface area contributed by atoms with Crippen LogP contribution in [0.5, 0.6) is 0 Å². The fourth-order valence-corrected chi connectivity index (χ4v) is 2.38. The summed E-state index contributed by atoms with van der Waals surface area (Å²) in [6.45, 7) is 2.77. The number of esters is 1. The number of pyridine rings is 1. The Hall–Kier alpha value is -2.64. The molecule has 0 bridgehead atoms. The molecule has 1 atom stereocenters. The molecule has 2 aromatic rings. The quantitative estimate of drug-likeness (QED) is 0.714. The number of carbonyl (C=O) groups is 3. The van der Waals surface area contributed by atoms with Crippen molar-refractivity contribution in [1.29, 1.82) is 0 Å². The van der Waals surface area contributed by atoms with Crippen LogP contribution < -0.4 is 10.6 Å². The van der Waals surface area contributed by atoms with E-state index in [9.17, 15) is 14.4 Å². The third-order valence-corrected chi connectivity index (χ3v) is 4.20. The van der Waals surface area contributed by atoms with Crippen LogP contribution in [0.2, 0.25) is 10.0 Å². The van der Waals surface area contributed by atoms with Crippen LogP contribution in [0.15, 0.2) is 36.5 Å². The van der Waals surface area contributed by atoms with Gasteiger partial charge >= 0.3 is 5.97 Å². The van der Waals surface area contributed by atoms with Crippen molar-refractivity contribution in [2.45, 2.75) is 20.0 Å². The standard InChI is InChI=1S/C18H17Cl2N3O4/c1-10-13(20)4-3-5-14(10)23-17(25)11(2)27-16(24)9-22-18(26)15-8-12(19)6-7-21-15/h3-8,11H,9H2,1-2H3,(H,22,26)(H,23,25)/t11-/m0/s1. The van der Waals surface area contributed by atoms with Crippen molar-refractivity contribution in [3.63, 3.8) is 0 Å². The van der Waals surface area contributed by atoms with Crippen LogP contribution in [0.25, 0.3) is 0 Å². The minimum absolute atomic E-state index is 0.0672. The minimum Gasteiger partial charge on any atom is -0.451 e. The molecule has 0 saturated heterocycles. The minimum atomic E-state index is -1.06. The number of aromatic nitrogens is 1. The zero-order valence-electron chi connectivity index (χ0n) is 14.6. The predicted octanol–water partition coefficient (Wildman–Crippen LogP) is 3.00. The lowest BCUT2D eigenvalue weighted by molar-refractivity contribution is -0.152. The van der Waals surface area contributed by atoms with E-state index in [-0.39, 0.29) is 5.69 Å². The van der Waals surface area contributed by atoms with Crippen LogP contribution in [0.1, 0.15) is 23.0 Å². The van der Waals surface area contributed by atoms with Crippen molar-refractivity contribution in [3.05, 3.63) is 57.8 Å². The second-order valence-corrected chi connectivity index (χ2v) is 6.42. The van der Waals surface area contributed by atoms with E-state index < -0.39 is 30.4 Å². The molecule has 2 rings (SSSR count). The number of carbonyl (C=O) groups excluding carboxylic acids is 3. The van der Waals surface area contributed by atoms with Gasteiger partial charge in [0.1, 0.15) is 12.2 Å². The van der Waals surface area contributed by atoms with Gasteiger partial charge in [0.15, 0.2) is 6.10 Å². The van der Waals surface area contributed by atoms with E-state index in [1.165, 1.54) is 25.3 Å². The van der Waals surface area contributed by atoms with Crippen molar-refractivity contribution in [2.75, 3.05) is 11.9 Å². The predicted molar refractivity (Wildman–Crippen MR) is 102 cm³/mol. The van der Waals surface area contributed by atoms with Gasteiger partial charge < -0.3 is 15.4 Å². The van der Waals surface area contributed by atoms with Gasteiger partial charge in [0.2, 0.25) is 0 Å². The van der Waals surface area contributed by atoms with Crippen molar-refractivity contribution >= 4 is 46.7 Å². The van der Waals surface area contributed by atoms with Gasteiger partial charge in [-0.15, -0.1) is 0 Å². The first kappa shape index (κ1) is 20.7. The molecule has 27 heavy (non-hydrogen) atoms. The first-order valence-corrected chi connectivity index (χ1v) is 8.68. The lowest BCUT2D eigenvalue weighted by Gasteiger charge is -2.15. The van der Waals surface area contributed by atoms with Gasteiger partial charge in [0, 0.05) is 21.9 Å². The average Bonchev–Trinajstić information content (AvgIpc) is 2.63. The van der Waals surface area contributed by atoms with Gasteiger partial charge in [-0.3, -0.25) is 19.4 Å². The van der Waals surface area contributed by atoms with Crippen LogP contribution in [0, 0.1) is 6.92 Å². The van der Waals surface area contributed by atoms with E-state index in [4.69, 9.17) is 27.9 Å². The number of nitrogens with one attached hydrogen (secondary N) is 2. The monoisotopic (exact) mass is 409 g/mol. The summed E-state index contributed by atoms with van der Waals surface area (Å²) in [5.74, 6) is -1.87. The largest absolute Gasteiger partial charge is 0.451 e. The molecule has 0 radical (unpaired) electrons. The number of ether oxygens (including phenoxy) is 1. The summed E-state index contributed by atoms with van der Waals surface area (Å²) in [5.41, 5.74) is 1.29. The number of hydrogen-bond acceptors (Lipinski definition) is 5. The molecule has 9 heteroatoms. The Morgan fingerprint density at radius 1 is 1.22 bits per heavy atom. The van der Waals surface area contributed by atoms with Gasteiger partial charge in [-0.05, 0) is 43.7 Å². The van der Waals surface area contributed by atoms with E-state index in [1.54, 1.807) is 25.1 Å². The molecular formula is C18H17Cl2N3O4. The van der Waals surface area contributed by atoms with Crippen LogP contribution >= 0.6 is 23.2 Å². The summed E-state index contributed by atoms with van der Waals surface area (Å²) in [5, 5.41) is 5.85. The van der Waals surface area contributed by atoms with Gasteiger partial charge in [-0.1, -0.05) is 29.3 Å². The third-order valence-electron chi connectivity index (χ3n) is 3.55. The fraction of sp³-hybridized carbons (Fsp3) is 0.222. The molecule has 0 aliphatic rings. The molecule has 142 valence electrons. The summed E-state index contributed by atoms with van der Waals surface area (Å²) in [7, 11) is 0. The summed E-state index contributed by atoms with van der Waals surface area (Å²) < 4.78 is 5.02. The van der Waals surface area contributed by atoms with Crippen molar-refractivity contribution in [3.8, 4) is 0 Å². The number of amides is 2. The maximum absolute atomic E-state index is 12.2. The molecule has 0 aliphatic heterocycles. The number of halogens is 2. The molecule has 0 unspecified atom stereocenters.